The average molecular weight is 443 g/mol. The van der Waals surface area contributed by atoms with E-state index >= 15 is 0 Å². The second-order valence-corrected chi connectivity index (χ2v) is 8.02. The van der Waals surface area contributed by atoms with Gasteiger partial charge in [-0.05, 0) is 22.8 Å². The lowest BCUT2D eigenvalue weighted by Crippen LogP contribution is -2.54. The third-order valence-electron chi connectivity index (χ3n) is 5.63. The fourth-order valence-corrected chi connectivity index (χ4v) is 3.89. The van der Waals surface area contributed by atoms with Crippen LogP contribution in [0.4, 0.5) is 0 Å². The van der Waals surface area contributed by atoms with Gasteiger partial charge in [0.1, 0.15) is 30.2 Å². The molecule has 33 heavy (non-hydrogen) atoms. The molecule has 4 heteroatoms. The first-order chi connectivity index (χ1) is 16.2. The first-order valence-electron chi connectivity index (χ1n) is 11.2. The Labute approximate surface area is 196 Å². The van der Waals surface area contributed by atoms with Gasteiger partial charge in [-0.3, -0.25) is 0 Å². The van der Waals surface area contributed by atoms with Crippen molar-refractivity contribution in [3.8, 4) is 0 Å². The van der Waals surface area contributed by atoms with Crippen LogP contribution in [0.2, 0.25) is 0 Å². The van der Waals surface area contributed by atoms with Gasteiger partial charge in [-0.15, -0.1) is 0 Å². The zero-order chi connectivity index (χ0) is 22.9. The fourth-order valence-electron chi connectivity index (χ4n) is 3.89. The van der Waals surface area contributed by atoms with Crippen molar-refractivity contribution < 1.29 is 18.9 Å². The summed E-state index contributed by atoms with van der Waals surface area (Å²) in [7, 11) is 0. The molecule has 0 N–H and O–H groups in total. The molecule has 1 saturated heterocycles. The smallest absolute Gasteiger partial charge is 0.145 e. The minimum absolute atomic E-state index is 0.390. The van der Waals surface area contributed by atoms with Gasteiger partial charge in [-0.2, -0.15) is 0 Å². The van der Waals surface area contributed by atoms with Crippen molar-refractivity contribution >= 4 is 0 Å². The zero-order valence-electron chi connectivity index (χ0n) is 18.7. The molecule has 4 rings (SSSR count). The summed E-state index contributed by atoms with van der Waals surface area (Å²) in [4.78, 5) is 0. The van der Waals surface area contributed by atoms with Gasteiger partial charge in [0.15, 0.2) is 0 Å². The van der Waals surface area contributed by atoms with Gasteiger partial charge in [0, 0.05) is 0 Å². The predicted octanol–water partition coefficient (Wildman–Crippen LogP) is 5.84. The number of benzene rings is 3. The maximum absolute atomic E-state index is 6.43. The van der Waals surface area contributed by atoms with E-state index in [1.807, 2.05) is 91.0 Å². The van der Waals surface area contributed by atoms with E-state index < -0.39 is 24.4 Å². The van der Waals surface area contributed by atoms with Crippen LogP contribution in [0.25, 0.3) is 0 Å². The molecule has 170 valence electrons. The normalized spacial score (nSPS) is 22.5. The Morgan fingerprint density at radius 1 is 0.636 bits per heavy atom. The van der Waals surface area contributed by atoms with Crippen LogP contribution >= 0.6 is 0 Å². The third kappa shape index (κ3) is 6.20. The Hall–Kier alpha value is -3.18. The molecule has 1 heterocycles. The monoisotopic (exact) mass is 442 g/mol. The van der Waals surface area contributed by atoms with Crippen LogP contribution in [0.1, 0.15) is 16.7 Å². The van der Waals surface area contributed by atoms with Gasteiger partial charge in [0.25, 0.3) is 0 Å². The maximum Gasteiger partial charge on any atom is 0.145 e. The molecule has 0 aromatic heterocycles. The fraction of sp³-hybridized carbons (Fsp3) is 0.241. The molecule has 0 bridgehead atoms. The number of rotatable bonds is 10. The van der Waals surface area contributed by atoms with Crippen LogP contribution in [-0.4, -0.2) is 24.4 Å². The van der Waals surface area contributed by atoms with Crippen molar-refractivity contribution in [2.45, 2.75) is 44.2 Å². The minimum Gasteiger partial charge on any atom is -0.486 e. The quantitative estimate of drug-likeness (QED) is 0.370. The number of hydrogen-bond donors (Lipinski definition) is 0. The minimum atomic E-state index is -0.481. The first kappa shape index (κ1) is 23.0. The molecule has 3 aromatic carbocycles. The average Bonchev–Trinajstić information content (AvgIpc) is 2.87. The zero-order valence-corrected chi connectivity index (χ0v) is 18.7. The lowest BCUT2D eigenvalue weighted by Gasteiger charge is -2.42. The van der Waals surface area contributed by atoms with Gasteiger partial charge in [-0.25, -0.2) is 0 Å². The van der Waals surface area contributed by atoms with Crippen LogP contribution in [0.15, 0.2) is 116 Å². The summed E-state index contributed by atoms with van der Waals surface area (Å²) < 4.78 is 25.2. The summed E-state index contributed by atoms with van der Waals surface area (Å²) in [6.07, 6.45) is 0.0525. The molecule has 1 fully saturated rings. The highest BCUT2D eigenvalue weighted by Crippen LogP contribution is 2.32. The lowest BCUT2D eigenvalue weighted by atomic mass is 9.97. The number of ether oxygens (including phenoxy) is 4. The van der Waals surface area contributed by atoms with Gasteiger partial charge < -0.3 is 18.9 Å². The summed E-state index contributed by atoms with van der Waals surface area (Å²) in [5.74, 6) is 0.522. The molecule has 1 aliphatic rings. The van der Waals surface area contributed by atoms with E-state index in [0.717, 1.165) is 16.7 Å². The van der Waals surface area contributed by atoms with E-state index in [2.05, 4.69) is 13.2 Å². The van der Waals surface area contributed by atoms with Crippen LogP contribution in [-0.2, 0) is 38.8 Å². The lowest BCUT2D eigenvalue weighted by molar-refractivity contribution is -0.204. The summed E-state index contributed by atoms with van der Waals surface area (Å²) in [6.45, 7) is 9.37. The standard InChI is InChI=1S/C29H30O4/c1-3-26-28(31-20-24-15-9-5-10-16-24)29(32-21-25-17-11-6-12-18-25)27(22(2)33-26)30-19-23-13-7-4-8-14-23/h3-18,26-29H,1-2,19-21H2/t26-,27+,28-,29-/m1/s1. The van der Waals surface area contributed by atoms with E-state index in [1.165, 1.54) is 0 Å². The van der Waals surface area contributed by atoms with Crippen molar-refractivity contribution in [1.82, 2.24) is 0 Å². The molecule has 0 amide bonds. The molecule has 0 saturated carbocycles. The summed E-state index contributed by atoms with van der Waals surface area (Å²) in [6, 6.07) is 30.2. The van der Waals surface area contributed by atoms with Gasteiger partial charge in [0.05, 0.1) is 19.8 Å². The second kappa shape index (κ2) is 11.6. The summed E-state index contributed by atoms with van der Waals surface area (Å²) in [5, 5.41) is 0. The highest BCUT2D eigenvalue weighted by molar-refractivity contribution is 5.17. The Bertz CT molecular complexity index is 1000. The summed E-state index contributed by atoms with van der Waals surface area (Å²) in [5.41, 5.74) is 3.22. The van der Waals surface area contributed by atoms with Crippen molar-refractivity contribution in [2.75, 3.05) is 0 Å². The van der Waals surface area contributed by atoms with Crippen molar-refractivity contribution in [3.63, 3.8) is 0 Å². The third-order valence-corrected chi connectivity index (χ3v) is 5.63. The number of hydrogen-bond acceptors (Lipinski definition) is 4. The predicted molar refractivity (Wildman–Crippen MR) is 129 cm³/mol. The van der Waals surface area contributed by atoms with Crippen molar-refractivity contribution in [1.29, 1.82) is 0 Å². The molecule has 3 aromatic rings. The molecular formula is C29H30O4. The van der Waals surface area contributed by atoms with Crippen LogP contribution in [0, 0.1) is 0 Å². The van der Waals surface area contributed by atoms with E-state index in [-0.39, 0.29) is 0 Å². The van der Waals surface area contributed by atoms with Crippen LogP contribution in [0.3, 0.4) is 0 Å². The SMILES string of the molecule is C=C[C@H]1OC(=C)[C@H](OCc2ccccc2)[C@@H](OCc2ccccc2)[C@@H]1OCc1ccccc1. The van der Waals surface area contributed by atoms with Gasteiger partial charge >= 0.3 is 0 Å². The topological polar surface area (TPSA) is 36.9 Å². The second-order valence-electron chi connectivity index (χ2n) is 8.02. The molecule has 4 nitrogen and oxygen atoms in total. The Balaban J connectivity index is 1.54. The van der Waals surface area contributed by atoms with Crippen molar-refractivity contribution in [3.05, 3.63) is 133 Å². The van der Waals surface area contributed by atoms with Gasteiger partial charge in [0.2, 0.25) is 0 Å². The van der Waals surface area contributed by atoms with E-state index in [0.29, 0.717) is 25.6 Å². The Kier molecular flexibility index (Phi) is 8.09. The van der Waals surface area contributed by atoms with E-state index in [9.17, 15) is 0 Å². The molecule has 0 unspecified atom stereocenters. The Morgan fingerprint density at radius 2 is 1.06 bits per heavy atom. The summed E-state index contributed by atoms with van der Waals surface area (Å²) >= 11 is 0. The first-order valence-corrected chi connectivity index (χ1v) is 11.2. The molecular weight excluding hydrogens is 412 g/mol. The molecule has 4 atom stereocenters. The van der Waals surface area contributed by atoms with E-state index in [1.54, 1.807) is 6.08 Å². The maximum atomic E-state index is 6.43. The Morgan fingerprint density at radius 3 is 1.52 bits per heavy atom. The largest absolute Gasteiger partial charge is 0.486 e. The van der Waals surface area contributed by atoms with Gasteiger partial charge in [-0.1, -0.05) is 104 Å². The molecule has 0 radical (unpaired) electrons. The van der Waals surface area contributed by atoms with E-state index in [4.69, 9.17) is 18.9 Å². The highest BCUT2D eigenvalue weighted by Gasteiger charge is 2.44. The van der Waals surface area contributed by atoms with Crippen molar-refractivity contribution in [2.24, 2.45) is 0 Å². The molecule has 0 spiro atoms. The van der Waals surface area contributed by atoms with Crippen LogP contribution in [0.5, 0.6) is 0 Å². The molecule has 1 aliphatic heterocycles. The molecule has 0 aliphatic carbocycles. The highest BCUT2D eigenvalue weighted by atomic mass is 16.6. The van der Waals surface area contributed by atoms with Crippen LogP contribution < -0.4 is 0 Å².